The Morgan fingerprint density at radius 1 is 0.950 bits per heavy atom. The molecule has 20 heavy (non-hydrogen) atoms. The molecule has 1 aliphatic rings. The molecule has 108 valence electrons. The molecule has 0 aliphatic heterocycles. The molecule has 0 fully saturated rings. The minimum atomic E-state index is -1.50. The molecule has 1 aliphatic carbocycles. The summed E-state index contributed by atoms with van der Waals surface area (Å²) >= 11 is 0. The summed E-state index contributed by atoms with van der Waals surface area (Å²) in [6, 6.07) is 0. The second-order valence-corrected chi connectivity index (χ2v) is 4.21. The van der Waals surface area contributed by atoms with Crippen LogP contribution in [-0.2, 0) is 19.2 Å². The summed E-state index contributed by atoms with van der Waals surface area (Å²) in [5.41, 5.74) is -0.976. The SMILES string of the molecule is O=C(O)C1=C(\C(=O)O)CCC(C(=O)O)C(C(=O)O)/C=C\1. The van der Waals surface area contributed by atoms with Crippen LogP contribution in [0.4, 0.5) is 0 Å². The van der Waals surface area contributed by atoms with Crippen LogP contribution < -0.4 is 0 Å². The largest absolute Gasteiger partial charge is 0.481 e. The molecule has 0 aromatic carbocycles. The third-order valence-corrected chi connectivity index (χ3v) is 3.03. The van der Waals surface area contributed by atoms with E-state index in [0.29, 0.717) is 0 Å². The zero-order valence-corrected chi connectivity index (χ0v) is 10.1. The zero-order chi connectivity index (χ0) is 15.4. The summed E-state index contributed by atoms with van der Waals surface area (Å²) in [4.78, 5) is 44.1. The molecule has 0 saturated carbocycles. The molecular formula is C12H12O8. The number of carboxylic acid groups (broad SMARTS) is 4. The average molecular weight is 284 g/mol. The van der Waals surface area contributed by atoms with Crippen LogP contribution in [0.2, 0.25) is 0 Å². The second kappa shape index (κ2) is 6.00. The van der Waals surface area contributed by atoms with E-state index in [4.69, 9.17) is 20.4 Å². The third kappa shape index (κ3) is 3.22. The van der Waals surface area contributed by atoms with Crippen molar-refractivity contribution >= 4 is 23.9 Å². The van der Waals surface area contributed by atoms with Gasteiger partial charge in [0.15, 0.2) is 0 Å². The van der Waals surface area contributed by atoms with Crippen molar-refractivity contribution in [2.75, 3.05) is 0 Å². The molecular weight excluding hydrogens is 272 g/mol. The predicted molar refractivity (Wildman–Crippen MR) is 62.9 cm³/mol. The monoisotopic (exact) mass is 284 g/mol. The second-order valence-electron chi connectivity index (χ2n) is 4.21. The maximum absolute atomic E-state index is 11.0. The Hall–Kier alpha value is -2.64. The Labute approximate surface area is 112 Å². The van der Waals surface area contributed by atoms with E-state index < -0.39 is 46.9 Å². The van der Waals surface area contributed by atoms with Crippen LogP contribution in [0.5, 0.6) is 0 Å². The smallest absolute Gasteiger partial charge is 0.336 e. The highest BCUT2D eigenvalue weighted by Gasteiger charge is 2.34. The molecule has 0 aromatic heterocycles. The highest BCUT2D eigenvalue weighted by Crippen LogP contribution is 2.27. The first-order chi connectivity index (χ1) is 9.25. The van der Waals surface area contributed by atoms with Gasteiger partial charge in [-0.2, -0.15) is 0 Å². The molecule has 1 rings (SSSR count). The molecule has 8 heteroatoms. The zero-order valence-electron chi connectivity index (χ0n) is 10.1. The maximum Gasteiger partial charge on any atom is 0.336 e. The molecule has 4 N–H and O–H groups in total. The number of aliphatic carboxylic acids is 4. The minimum absolute atomic E-state index is 0.269. The number of hydrogen-bond donors (Lipinski definition) is 4. The number of hydrogen-bond acceptors (Lipinski definition) is 4. The molecule has 0 heterocycles. The van der Waals surface area contributed by atoms with Gasteiger partial charge >= 0.3 is 23.9 Å². The lowest BCUT2D eigenvalue weighted by atomic mass is 9.83. The minimum Gasteiger partial charge on any atom is -0.481 e. The Bertz CT molecular complexity index is 528. The van der Waals surface area contributed by atoms with Crippen molar-refractivity contribution in [2.45, 2.75) is 12.8 Å². The van der Waals surface area contributed by atoms with E-state index in [0.717, 1.165) is 12.2 Å². The van der Waals surface area contributed by atoms with E-state index in [1.165, 1.54) is 0 Å². The summed E-state index contributed by atoms with van der Waals surface area (Å²) in [6.07, 6.45) is 1.16. The van der Waals surface area contributed by atoms with E-state index in [9.17, 15) is 19.2 Å². The van der Waals surface area contributed by atoms with Gasteiger partial charge in [-0.15, -0.1) is 0 Å². The molecule has 2 atom stereocenters. The van der Waals surface area contributed by atoms with Gasteiger partial charge in [0.25, 0.3) is 0 Å². The fourth-order valence-corrected chi connectivity index (χ4v) is 2.00. The number of rotatable bonds is 4. The van der Waals surface area contributed by atoms with Gasteiger partial charge in [0, 0.05) is 0 Å². The summed E-state index contributed by atoms with van der Waals surface area (Å²) < 4.78 is 0. The van der Waals surface area contributed by atoms with Crippen LogP contribution in [0.25, 0.3) is 0 Å². The lowest BCUT2D eigenvalue weighted by Crippen LogP contribution is -2.30. The van der Waals surface area contributed by atoms with E-state index in [2.05, 4.69) is 0 Å². The van der Waals surface area contributed by atoms with Crippen molar-refractivity contribution in [3.63, 3.8) is 0 Å². The summed E-state index contributed by atoms with van der Waals surface area (Å²) in [6.45, 7) is 0. The molecule has 8 nitrogen and oxygen atoms in total. The molecule has 0 amide bonds. The van der Waals surface area contributed by atoms with E-state index >= 15 is 0 Å². The number of carbonyl (C=O) groups is 4. The number of carboxylic acids is 4. The lowest BCUT2D eigenvalue weighted by Gasteiger charge is -2.20. The maximum atomic E-state index is 11.0. The van der Waals surface area contributed by atoms with Crippen molar-refractivity contribution in [1.29, 1.82) is 0 Å². The first-order valence-corrected chi connectivity index (χ1v) is 5.59. The van der Waals surface area contributed by atoms with Gasteiger partial charge in [-0.3, -0.25) is 9.59 Å². The van der Waals surface area contributed by atoms with Crippen LogP contribution in [-0.4, -0.2) is 44.3 Å². The molecule has 0 bridgehead atoms. The van der Waals surface area contributed by atoms with Crippen LogP contribution >= 0.6 is 0 Å². The summed E-state index contributed by atoms with van der Waals surface area (Å²) in [5.74, 6) is -8.46. The third-order valence-electron chi connectivity index (χ3n) is 3.03. The van der Waals surface area contributed by atoms with Gasteiger partial charge in [-0.1, -0.05) is 12.2 Å². The molecule has 2 unspecified atom stereocenters. The first kappa shape index (κ1) is 15.4. The molecule has 0 spiro atoms. The Kier molecular flexibility index (Phi) is 4.63. The van der Waals surface area contributed by atoms with Crippen molar-refractivity contribution in [1.82, 2.24) is 0 Å². The van der Waals surface area contributed by atoms with E-state index in [1.807, 2.05) is 0 Å². The Balaban J connectivity index is 3.32. The van der Waals surface area contributed by atoms with E-state index in [-0.39, 0.29) is 12.8 Å². The first-order valence-electron chi connectivity index (χ1n) is 5.59. The van der Waals surface area contributed by atoms with Gasteiger partial charge in [-0.05, 0) is 12.8 Å². The Morgan fingerprint density at radius 3 is 1.95 bits per heavy atom. The molecule has 0 aromatic rings. The van der Waals surface area contributed by atoms with Gasteiger partial charge in [0.05, 0.1) is 23.0 Å². The fourth-order valence-electron chi connectivity index (χ4n) is 2.00. The van der Waals surface area contributed by atoms with Crippen LogP contribution in [0, 0.1) is 11.8 Å². The van der Waals surface area contributed by atoms with Crippen molar-refractivity contribution < 1.29 is 39.6 Å². The normalized spacial score (nSPS) is 28.0. The quantitative estimate of drug-likeness (QED) is 0.572. The van der Waals surface area contributed by atoms with Crippen LogP contribution in [0.1, 0.15) is 12.8 Å². The highest BCUT2D eigenvalue weighted by molar-refractivity contribution is 6.01. The predicted octanol–water partition coefficient (Wildman–Crippen LogP) is 0.204. The van der Waals surface area contributed by atoms with Crippen LogP contribution in [0.3, 0.4) is 0 Å². The van der Waals surface area contributed by atoms with Crippen molar-refractivity contribution in [2.24, 2.45) is 11.8 Å². The van der Waals surface area contributed by atoms with Crippen molar-refractivity contribution in [3.05, 3.63) is 23.3 Å². The lowest BCUT2D eigenvalue weighted by molar-refractivity contribution is -0.152. The average Bonchev–Trinajstić information content (AvgIpc) is 2.26. The summed E-state index contributed by atoms with van der Waals surface area (Å²) in [5, 5.41) is 35.9. The highest BCUT2D eigenvalue weighted by atomic mass is 16.4. The topological polar surface area (TPSA) is 149 Å². The van der Waals surface area contributed by atoms with Crippen LogP contribution in [0.15, 0.2) is 23.3 Å². The van der Waals surface area contributed by atoms with Crippen molar-refractivity contribution in [3.8, 4) is 0 Å². The van der Waals surface area contributed by atoms with Gasteiger partial charge in [0.1, 0.15) is 0 Å². The Morgan fingerprint density at radius 2 is 1.55 bits per heavy atom. The van der Waals surface area contributed by atoms with Gasteiger partial charge in [-0.25, -0.2) is 9.59 Å². The van der Waals surface area contributed by atoms with Gasteiger partial charge < -0.3 is 20.4 Å². The molecule has 0 saturated heterocycles. The molecule has 0 radical (unpaired) electrons. The summed E-state index contributed by atoms with van der Waals surface area (Å²) in [7, 11) is 0. The fraction of sp³-hybridized carbons (Fsp3) is 0.333. The van der Waals surface area contributed by atoms with E-state index in [1.54, 1.807) is 0 Å². The standard InChI is InChI=1S/C12H12O8/c13-9(14)5-1-2-6(10(15)16)8(12(19)20)4-3-7(5)11(17)18/h1-2,5,7H,3-4H2,(H,13,14)(H,15,16)(H,17,18)(H,19,20)/b2-1-,8-6-. The van der Waals surface area contributed by atoms with Gasteiger partial charge in [0.2, 0.25) is 0 Å².